The summed E-state index contributed by atoms with van der Waals surface area (Å²) in [7, 11) is 0. The van der Waals surface area contributed by atoms with Crippen molar-refractivity contribution in [3.05, 3.63) is 28.8 Å². The molecular formula is C17H24BrClN2. The topological polar surface area (TPSA) is 6.48 Å². The van der Waals surface area contributed by atoms with Crippen molar-refractivity contribution in [1.29, 1.82) is 0 Å². The van der Waals surface area contributed by atoms with Crippen LogP contribution < -0.4 is 4.90 Å². The summed E-state index contributed by atoms with van der Waals surface area (Å²) < 4.78 is 0. The summed E-state index contributed by atoms with van der Waals surface area (Å²) in [6.45, 7) is 4.94. The molecule has 1 aromatic carbocycles. The number of anilines is 1. The number of hydrogen-bond acceptors (Lipinski definition) is 2. The van der Waals surface area contributed by atoms with Gasteiger partial charge in [-0.15, -0.1) is 0 Å². The first kappa shape index (κ1) is 15.6. The zero-order valence-corrected chi connectivity index (χ0v) is 14.9. The van der Waals surface area contributed by atoms with E-state index in [0.29, 0.717) is 0 Å². The highest BCUT2D eigenvalue weighted by atomic mass is 79.9. The molecule has 2 nitrogen and oxygen atoms in total. The first-order valence-corrected chi connectivity index (χ1v) is 9.61. The third-order valence-electron chi connectivity index (χ3n) is 4.90. The van der Waals surface area contributed by atoms with Crippen LogP contribution in [0.2, 0.25) is 5.02 Å². The molecule has 2 fully saturated rings. The van der Waals surface area contributed by atoms with E-state index in [4.69, 9.17) is 11.6 Å². The van der Waals surface area contributed by atoms with Crippen LogP contribution in [0.1, 0.15) is 37.7 Å². The average molecular weight is 372 g/mol. The van der Waals surface area contributed by atoms with E-state index in [-0.39, 0.29) is 0 Å². The second-order valence-electron chi connectivity index (χ2n) is 6.22. The lowest BCUT2D eigenvalue weighted by Crippen LogP contribution is -2.46. The Morgan fingerprint density at radius 3 is 2.43 bits per heavy atom. The highest BCUT2D eigenvalue weighted by Gasteiger charge is 2.26. The molecule has 0 aliphatic carbocycles. The molecule has 0 aromatic heterocycles. The predicted molar refractivity (Wildman–Crippen MR) is 94.7 cm³/mol. The molecule has 2 saturated heterocycles. The van der Waals surface area contributed by atoms with E-state index < -0.39 is 0 Å². The van der Waals surface area contributed by atoms with Crippen molar-refractivity contribution in [2.24, 2.45) is 0 Å². The molecule has 21 heavy (non-hydrogen) atoms. The second kappa shape index (κ2) is 7.34. The molecule has 0 radical (unpaired) electrons. The van der Waals surface area contributed by atoms with Crippen molar-refractivity contribution in [2.75, 3.05) is 31.1 Å². The molecule has 2 aliphatic rings. The van der Waals surface area contributed by atoms with E-state index in [1.165, 1.54) is 56.4 Å². The number of rotatable bonds is 3. The Kier molecular flexibility index (Phi) is 5.47. The van der Waals surface area contributed by atoms with Crippen molar-refractivity contribution in [3.63, 3.8) is 0 Å². The number of halogens is 2. The first-order valence-electron chi connectivity index (χ1n) is 8.11. The highest BCUT2D eigenvalue weighted by molar-refractivity contribution is 9.08. The molecule has 4 heteroatoms. The van der Waals surface area contributed by atoms with Gasteiger partial charge >= 0.3 is 0 Å². The minimum absolute atomic E-state index is 0.799. The van der Waals surface area contributed by atoms with Crippen LogP contribution in [0.25, 0.3) is 0 Å². The number of likely N-dealkylation sites (tertiary alicyclic amines) is 1. The molecule has 116 valence electrons. The Hall–Kier alpha value is -0.250. The molecule has 0 unspecified atom stereocenters. The lowest BCUT2D eigenvalue weighted by atomic mass is 9.99. The number of piperidine rings is 2. The van der Waals surface area contributed by atoms with Gasteiger partial charge in [0.1, 0.15) is 0 Å². The van der Waals surface area contributed by atoms with Crippen molar-refractivity contribution in [2.45, 2.75) is 43.5 Å². The number of nitrogens with zero attached hydrogens (tertiary/aromatic N) is 2. The van der Waals surface area contributed by atoms with Gasteiger partial charge in [0.15, 0.2) is 0 Å². The Morgan fingerprint density at radius 2 is 1.76 bits per heavy atom. The fraction of sp³-hybridized carbons (Fsp3) is 0.647. The molecule has 2 heterocycles. The summed E-state index contributed by atoms with van der Waals surface area (Å²) >= 11 is 9.79. The highest BCUT2D eigenvalue weighted by Crippen LogP contribution is 2.30. The third kappa shape index (κ3) is 3.75. The van der Waals surface area contributed by atoms with Gasteiger partial charge in [-0.05, 0) is 56.5 Å². The molecule has 0 spiro atoms. The summed E-state index contributed by atoms with van der Waals surface area (Å²) in [5, 5.41) is 1.74. The van der Waals surface area contributed by atoms with Gasteiger partial charge in [0.05, 0.1) is 0 Å². The second-order valence-corrected chi connectivity index (χ2v) is 7.22. The van der Waals surface area contributed by atoms with Gasteiger partial charge in [0.25, 0.3) is 0 Å². The van der Waals surface area contributed by atoms with Gasteiger partial charge in [0.2, 0.25) is 0 Å². The van der Waals surface area contributed by atoms with Crippen LogP contribution in [-0.4, -0.2) is 37.1 Å². The van der Waals surface area contributed by atoms with Crippen LogP contribution in [0.4, 0.5) is 5.69 Å². The first-order chi connectivity index (χ1) is 10.3. The van der Waals surface area contributed by atoms with E-state index in [1.807, 2.05) is 6.07 Å². The zero-order chi connectivity index (χ0) is 14.7. The maximum Gasteiger partial charge on any atom is 0.0426 e. The van der Waals surface area contributed by atoms with Gasteiger partial charge in [-0.25, -0.2) is 0 Å². The Bertz CT molecular complexity index is 466. The Balaban J connectivity index is 1.64. The molecule has 0 amide bonds. The van der Waals surface area contributed by atoms with Crippen LogP contribution in [0.5, 0.6) is 0 Å². The lowest BCUT2D eigenvalue weighted by molar-refractivity contribution is 0.141. The van der Waals surface area contributed by atoms with Gasteiger partial charge in [-0.3, -0.25) is 0 Å². The van der Waals surface area contributed by atoms with E-state index in [1.54, 1.807) is 0 Å². The molecule has 0 bridgehead atoms. The minimum Gasteiger partial charge on any atom is -0.371 e. The van der Waals surface area contributed by atoms with Crippen molar-refractivity contribution in [3.8, 4) is 0 Å². The minimum atomic E-state index is 0.799. The average Bonchev–Trinajstić information content (AvgIpc) is 2.56. The Morgan fingerprint density at radius 1 is 1.05 bits per heavy atom. The summed E-state index contributed by atoms with van der Waals surface area (Å²) in [5.74, 6) is 0. The number of hydrogen-bond donors (Lipinski definition) is 0. The zero-order valence-electron chi connectivity index (χ0n) is 12.5. The molecule has 2 aliphatic heterocycles. The van der Waals surface area contributed by atoms with Crippen molar-refractivity contribution < 1.29 is 0 Å². The monoisotopic (exact) mass is 370 g/mol. The summed E-state index contributed by atoms with van der Waals surface area (Å²) in [5.41, 5.74) is 2.66. The van der Waals surface area contributed by atoms with Gasteiger partial charge in [-0.1, -0.05) is 40.0 Å². The normalized spacial score (nSPS) is 21.7. The van der Waals surface area contributed by atoms with Crippen LogP contribution in [0.15, 0.2) is 18.2 Å². The molecule has 1 aromatic rings. The van der Waals surface area contributed by atoms with Crippen LogP contribution in [-0.2, 0) is 5.33 Å². The summed E-state index contributed by atoms with van der Waals surface area (Å²) in [6.07, 6.45) is 6.78. The molecule has 3 rings (SSSR count). The van der Waals surface area contributed by atoms with Crippen LogP contribution in [0.3, 0.4) is 0 Å². The van der Waals surface area contributed by atoms with Gasteiger partial charge < -0.3 is 9.80 Å². The van der Waals surface area contributed by atoms with Gasteiger partial charge in [-0.2, -0.15) is 0 Å². The molecular weight excluding hydrogens is 348 g/mol. The molecule has 0 saturated carbocycles. The maximum atomic E-state index is 6.19. The molecule has 0 atom stereocenters. The van der Waals surface area contributed by atoms with Crippen molar-refractivity contribution >= 4 is 33.2 Å². The van der Waals surface area contributed by atoms with Crippen LogP contribution >= 0.6 is 27.5 Å². The summed E-state index contributed by atoms with van der Waals surface area (Å²) in [6, 6.07) is 7.05. The number of alkyl halides is 1. The smallest absolute Gasteiger partial charge is 0.0426 e. The quantitative estimate of drug-likeness (QED) is 0.711. The SMILES string of the molecule is Clc1ccc(CBr)c(N2CCC(N3CCCCC3)CC2)c1. The Labute approximate surface area is 141 Å². The van der Waals surface area contributed by atoms with E-state index >= 15 is 0 Å². The standard InChI is InChI=1S/C17H24BrClN2/c18-13-14-4-5-15(19)12-17(14)21-10-6-16(7-11-21)20-8-2-1-3-9-20/h4-5,12,16H,1-3,6-11,13H2. The lowest BCUT2D eigenvalue weighted by Gasteiger charge is -2.41. The largest absolute Gasteiger partial charge is 0.371 e. The third-order valence-corrected chi connectivity index (χ3v) is 5.74. The molecule has 0 N–H and O–H groups in total. The van der Waals surface area contributed by atoms with E-state index in [9.17, 15) is 0 Å². The fourth-order valence-electron chi connectivity index (χ4n) is 3.70. The predicted octanol–water partition coefficient (Wildman–Crippen LogP) is 4.69. The summed E-state index contributed by atoms with van der Waals surface area (Å²) in [4.78, 5) is 5.24. The van der Waals surface area contributed by atoms with Gasteiger partial charge in [0, 0.05) is 35.2 Å². The van der Waals surface area contributed by atoms with E-state index in [0.717, 1.165) is 29.5 Å². The van der Waals surface area contributed by atoms with Crippen molar-refractivity contribution in [1.82, 2.24) is 4.90 Å². The van der Waals surface area contributed by atoms with E-state index in [2.05, 4.69) is 37.9 Å². The maximum absolute atomic E-state index is 6.19. The number of benzene rings is 1. The van der Waals surface area contributed by atoms with Crippen LogP contribution in [0, 0.1) is 0 Å². The fourth-order valence-corrected chi connectivity index (χ4v) is 4.34.